The van der Waals surface area contributed by atoms with Gasteiger partial charge in [0, 0.05) is 24.0 Å². The van der Waals surface area contributed by atoms with Gasteiger partial charge in [0.05, 0.1) is 4.92 Å². The number of nitro benzene ring substituents is 1. The monoisotopic (exact) mass is 217 g/mol. The summed E-state index contributed by atoms with van der Waals surface area (Å²) in [5, 5.41) is 20.8. The van der Waals surface area contributed by atoms with Gasteiger partial charge in [-0.05, 0) is 5.56 Å². The normalized spacial score (nSPS) is 11.3. The average molecular weight is 217 g/mol. The Bertz CT molecular complexity index is 363. The van der Waals surface area contributed by atoms with Crippen LogP contribution in [0, 0.1) is 10.1 Å². The smallest absolute Gasteiger partial charge is 0.550 e. The second-order valence-electron chi connectivity index (χ2n) is 2.89. The van der Waals surface area contributed by atoms with Crippen LogP contribution >= 0.6 is 0 Å². The molecule has 0 amide bonds. The SMILES string of the molecule is C[C@@H](C(=O)[O-])c1ccc([N+](=O)[O-])cc1.[Na+]. The minimum absolute atomic E-state index is 0. The zero-order chi connectivity index (χ0) is 10.7. The maximum Gasteiger partial charge on any atom is 1.00 e. The van der Waals surface area contributed by atoms with Gasteiger partial charge in [0.15, 0.2) is 0 Å². The molecule has 0 bridgehead atoms. The van der Waals surface area contributed by atoms with E-state index in [0.717, 1.165) is 0 Å². The number of hydrogen-bond donors (Lipinski definition) is 0. The molecule has 0 saturated heterocycles. The molecule has 0 aliphatic rings. The summed E-state index contributed by atoms with van der Waals surface area (Å²) in [4.78, 5) is 20.2. The van der Waals surface area contributed by atoms with Gasteiger partial charge in [-0.15, -0.1) is 0 Å². The van der Waals surface area contributed by atoms with Crippen LogP contribution in [-0.4, -0.2) is 10.9 Å². The molecule has 0 aromatic heterocycles. The van der Waals surface area contributed by atoms with E-state index in [9.17, 15) is 20.0 Å². The average Bonchev–Trinajstić information content (AvgIpc) is 2.16. The minimum Gasteiger partial charge on any atom is -0.550 e. The van der Waals surface area contributed by atoms with Gasteiger partial charge in [-0.2, -0.15) is 0 Å². The first kappa shape index (κ1) is 14.1. The fourth-order valence-electron chi connectivity index (χ4n) is 1.02. The molecule has 74 valence electrons. The first-order valence-corrected chi connectivity index (χ1v) is 3.97. The number of carbonyl (C=O) groups is 1. The molecule has 0 N–H and O–H groups in total. The Hall–Kier alpha value is -0.910. The van der Waals surface area contributed by atoms with Crippen LogP contribution in [0.15, 0.2) is 24.3 Å². The van der Waals surface area contributed by atoms with Crippen LogP contribution in [-0.2, 0) is 4.79 Å². The molecule has 1 aromatic carbocycles. The minimum atomic E-state index is -1.20. The van der Waals surface area contributed by atoms with Gasteiger partial charge in [-0.25, -0.2) is 0 Å². The summed E-state index contributed by atoms with van der Waals surface area (Å²) in [7, 11) is 0. The van der Waals surface area contributed by atoms with Crippen molar-refractivity contribution in [3.63, 3.8) is 0 Å². The van der Waals surface area contributed by atoms with Crippen molar-refractivity contribution in [3.05, 3.63) is 39.9 Å². The van der Waals surface area contributed by atoms with Crippen molar-refractivity contribution in [2.24, 2.45) is 0 Å². The first-order valence-electron chi connectivity index (χ1n) is 3.97. The van der Waals surface area contributed by atoms with Crippen LogP contribution in [0.5, 0.6) is 0 Å². The molecular weight excluding hydrogens is 209 g/mol. The molecule has 6 heteroatoms. The number of nitrogens with zero attached hydrogens (tertiary/aromatic N) is 1. The van der Waals surface area contributed by atoms with E-state index in [1.807, 2.05) is 0 Å². The molecular formula is C9H8NNaO4. The quantitative estimate of drug-likeness (QED) is 0.317. The summed E-state index contributed by atoms with van der Waals surface area (Å²) in [5.41, 5.74) is 0.440. The predicted octanol–water partition coefficient (Wildman–Crippen LogP) is -2.55. The summed E-state index contributed by atoms with van der Waals surface area (Å²) in [6.07, 6.45) is 0. The van der Waals surface area contributed by atoms with Gasteiger partial charge >= 0.3 is 29.6 Å². The second-order valence-corrected chi connectivity index (χ2v) is 2.89. The van der Waals surface area contributed by atoms with Crippen molar-refractivity contribution < 1.29 is 44.4 Å². The van der Waals surface area contributed by atoms with Gasteiger partial charge in [0.25, 0.3) is 5.69 Å². The molecule has 0 spiro atoms. The number of carboxylic acids is 1. The molecule has 0 fully saturated rings. The molecule has 0 radical (unpaired) electrons. The Morgan fingerprint density at radius 2 is 1.80 bits per heavy atom. The van der Waals surface area contributed by atoms with Crippen LogP contribution < -0.4 is 34.7 Å². The van der Waals surface area contributed by atoms with Crippen LogP contribution in [0.3, 0.4) is 0 Å². The van der Waals surface area contributed by atoms with Crippen molar-refractivity contribution in [2.45, 2.75) is 12.8 Å². The van der Waals surface area contributed by atoms with Crippen molar-refractivity contribution in [3.8, 4) is 0 Å². The zero-order valence-corrected chi connectivity index (χ0v) is 10.5. The molecule has 1 rings (SSSR count). The molecule has 0 aliphatic carbocycles. The topological polar surface area (TPSA) is 83.3 Å². The summed E-state index contributed by atoms with van der Waals surface area (Å²) < 4.78 is 0. The summed E-state index contributed by atoms with van der Waals surface area (Å²) in [5.74, 6) is -1.95. The number of nitro groups is 1. The summed E-state index contributed by atoms with van der Waals surface area (Å²) >= 11 is 0. The van der Waals surface area contributed by atoms with Crippen molar-refractivity contribution in [2.75, 3.05) is 0 Å². The standard InChI is InChI=1S/C9H9NO4.Na/c1-6(9(11)12)7-2-4-8(5-3-7)10(13)14;/h2-6H,1H3,(H,11,12);/q;+1/p-1/t6-;/m1./s1. The third-order valence-electron chi connectivity index (χ3n) is 1.96. The number of non-ortho nitro benzene ring substituents is 1. The van der Waals surface area contributed by atoms with Crippen LogP contribution in [0.4, 0.5) is 5.69 Å². The Balaban J connectivity index is 0.00000196. The predicted molar refractivity (Wildman–Crippen MR) is 46.5 cm³/mol. The molecule has 0 saturated carbocycles. The number of carbonyl (C=O) groups excluding carboxylic acids is 1. The number of benzene rings is 1. The van der Waals surface area contributed by atoms with E-state index in [4.69, 9.17) is 0 Å². The van der Waals surface area contributed by atoms with E-state index >= 15 is 0 Å². The third-order valence-corrected chi connectivity index (χ3v) is 1.96. The maximum atomic E-state index is 10.5. The number of aliphatic carboxylic acids is 1. The van der Waals surface area contributed by atoms with Gasteiger partial charge in [0.2, 0.25) is 0 Å². The van der Waals surface area contributed by atoms with Crippen LogP contribution in [0.1, 0.15) is 18.4 Å². The van der Waals surface area contributed by atoms with Crippen LogP contribution in [0.25, 0.3) is 0 Å². The van der Waals surface area contributed by atoms with E-state index in [-0.39, 0.29) is 35.2 Å². The Morgan fingerprint density at radius 1 is 1.33 bits per heavy atom. The maximum absolute atomic E-state index is 10.5. The number of hydrogen-bond acceptors (Lipinski definition) is 4. The van der Waals surface area contributed by atoms with Crippen LogP contribution in [0.2, 0.25) is 0 Å². The molecule has 5 nitrogen and oxygen atoms in total. The zero-order valence-electron chi connectivity index (χ0n) is 8.47. The molecule has 1 atom stereocenters. The van der Waals surface area contributed by atoms with E-state index in [1.54, 1.807) is 0 Å². The van der Waals surface area contributed by atoms with E-state index in [2.05, 4.69) is 0 Å². The van der Waals surface area contributed by atoms with Gasteiger partial charge < -0.3 is 9.90 Å². The molecule has 0 unspecified atom stereocenters. The van der Waals surface area contributed by atoms with Crippen molar-refractivity contribution in [1.29, 1.82) is 0 Å². The fraction of sp³-hybridized carbons (Fsp3) is 0.222. The molecule has 0 heterocycles. The first-order chi connectivity index (χ1) is 6.52. The van der Waals surface area contributed by atoms with E-state index in [1.165, 1.54) is 31.2 Å². The number of carboxylic acid groups (broad SMARTS) is 1. The summed E-state index contributed by atoms with van der Waals surface area (Å²) in [6.45, 7) is 1.47. The van der Waals surface area contributed by atoms with Gasteiger partial charge in [-0.3, -0.25) is 10.1 Å². The molecule has 1 aromatic rings. The van der Waals surface area contributed by atoms with Crippen molar-refractivity contribution in [1.82, 2.24) is 0 Å². The second kappa shape index (κ2) is 5.85. The third kappa shape index (κ3) is 3.62. The molecule has 15 heavy (non-hydrogen) atoms. The van der Waals surface area contributed by atoms with Gasteiger partial charge in [0.1, 0.15) is 0 Å². The Morgan fingerprint density at radius 3 is 2.13 bits per heavy atom. The molecule has 0 aliphatic heterocycles. The van der Waals surface area contributed by atoms with Gasteiger partial charge in [-0.1, -0.05) is 19.1 Å². The van der Waals surface area contributed by atoms with E-state index in [0.29, 0.717) is 5.56 Å². The van der Waals surface area contributed by atoms with Crippen molar-refractivity contribution >= 4 is 11.7 Å². The summed E-state index contributed by atoms with van der Waals surface area (Å²) in [6, 6.07) is 5.38. The fourth-order valence-corrected chi connectivity index (χ4v) is 1.02. The Labute approximate surface area is 109 Å². The largest absolute Gasteiger partial charge is 1.00 e. The van der Waals surface area contributed by atoms with E-state index < -0.39 is 16.8 Å². The number of rotatable bonds is 3. The Kier molecular flexibility index (Phi) is 5.49.